The van der Waals surface area contributed by atoms with Gasteiger partial charge in [-0.05, 0) is 6.07 Å². The SMILES string of the molecule is Nc1cc2cc([N+](=O)[O-])cc([N+](=O)[O-])c2[nH]1. The number of aromatic nitrogens is 1. The number of nitrogens with two attached hydrogens (primary N) is 1. The molecule has 1 aromatic heterocycles. The van der Waals surface area contributed by atoms with E-state index in [9.17, 15) is 20.2 Å². The van der Waals surface area contributed by atoms with E-state index in [0.29, 0.717) is 5.39 Å². The molecule has 0 atom stereocenters. The number of nitrogens with one attached hydrogen (secondary N) is 1. The van der Waals surface area contributed by atoms with E-state index in [4.69, 9.17) is 5.73 Å². The summed E-state index contributed by atoms with van der Waals surface area (Å²) < 4.78 is 0. The van der Waals surface area contributed by atoms with Crippen molar-refractivity contribution in [3.05, 3.63) is 38.4 Å². The van der Waals surface area contributed by atoms with Gasteiger partial charge in [0.1, 0.15) is 11.3 Å². The first-order valence-electron chi connectivity index (χ1n) is 4.20. The van der Waals surface area contributed by atoms with Crippen molar-refractivity contribution in [2.45, 2.75) is 0 Å². The van der Waals surface area contributed by atoms with Gasteiger partial charge >= 0.3 is 0 Å². The van der Waals surface area contributed by atoms with E-state index >= 15 is 0 Å². The van der Waals surface area contributed by atoms with Crippen LogP contribution in [0.4, 0.5) is 17.2 Å². The van der Waals surface area contributed by atoms with Gasteiger partial charge in [-0.15, -0.1) is 0 Å². The number of nitrogen functional groups attached to an aromatic ring is 1. The van der Waals surface area contributed by atoms with Crippen molar-refractivity contribution in [1.82, 2.24) is 4.98 Å². The molecule has 2 aromatic rings. The lowest BCUT2D eigenvalue weighted by molar-refractivity contribution is -0.393. The highest BCUT2D eigenvalue weighted by Gasteiger charge is 2.20. The van der Waals surface area contributed by atoms with E-state index in [1.165, 1.54) is 12.1 Å². The highest BCUT2D eigenvalue weighted by atomic mass is 16.6. The summed E-state index contributed by atoms with van der Waals surface area (Å²) in [5.74, 6) is 0.221. The van der Waals surface area contributed by atoms with Gasteiger partial charge in [0.25, 0.3) is 11.4 Å². The van der Waals surface area contributed by atoms with Crippen molar-refractivity contribution >= 4 is 28.1 Å². The molecular formula is C8H6N4O4. The molecule has 0 aliphatic carbocycles. The van der Waals surface area contributed by atoms with Crippen LogP contribution in [0.15, 0.2) is 18.2 Å². The number of non-ortho nitro benzene ring substituents is 2. The van der Waals surface area contributed by atoms with E-state index in [-0.39, 0.29) is 22.7 Å². The van der Waals surface area contributed by atoms with E-state index in [2.05, 4.69) is 4.98 Å². The lowest BCUT2D eigenvalue weighted by atomic mass is 10.2. The third kappa shape index (κ3) is 1.41. The molecule has 1 aromatic carbocycles. The Kier molecular flexibility index (Phi) is 1.97. The summed E-state index contributed by atoms with van der Waals surface area (Å²) in [5, 5.41) is 21.6. The number of nitrogens with zero attached hydrogens (tertiary/aromatic N) is 2. The van der Waals surface area contributed by atoms with Gasteiger partial charge in [-0.2, -0.15) is 0 Å². The zero-order valence-electron chi connectivity index (χ0n) is 7.84. The van der Waals surface area contributed by atoms with Gasteiger partial charge in [0.15, 0.2) is 0 Å². The molecule has 0 fully saturated rings. The fourth-order valence-corrected chi connectivity index (χ4v) is 1.48. The first-order chi connectivity index (χ1) is 7.49. The molecule has 0 radical (unpaired) electrons. The average Bonchev–Trinajstić information content (AvgIpc) is 2.55. The van der Waals surface area contributed by atoms with Crippen molar-refractivity contribution in [2.75, 3.05) is 5.73 Å². The van der Waals surface area contributed by atoms with Gasteiger partial charge in [0, 0.05) is 11.5 Å². The van der Waals surface area contributed by atoms with E-state index in [1.807, 2.05) is 0 Å². The number of nitro benzene ring substituents is 2. The highest BCUT2D eigenvalue weighted by Crippen LogP contribution is 2.31. The van der Waals surface area contributed by atoms with Crippen LogP contribution in [0.3, 0.4) is 0 Å². The summed E-state index contributed by atoms with van der Waals surface area (Å²) in [5.41, 5.74) is 4.93. The molecule has 3 N–H and O–H groups in total. The Bertz CT molecular complexity index is 603. The van der Waals surface area contributed by atoms with Crippen molar-refractivity contribution in [3.8, 4) is 0 Å². The summed E-state index contributed by atoms with van der Waals surface area (Å²) in [7, 11) is 0. The normalized spacial score (nSPS) is 10.5. The Balaban J connectivity index is 2.83. The minimum atomic E-state index is -0.689. The minimum absolute atomic E-state index is 0.188. The topological polar surface area (TPSA) is 128 Å². The highest BCUT2D eigenvalue weighted by molar-refractivity contribution is 5.92. The minimum Gasteiger partial charge on any atom is -0.385 e. The second-order valence-corrected chi connectivity index (χ2v) is 3.17. The number of fused-ring (bicyclic) bond motifs is 1. The van der Waals surface area contributed by atoms with Gasteiger partial charge in [-0.3, -0.25) is 20.2 Å². The monoisotopic (exact) mass is 222 g/mol. The fraction of sp³-hybridized carbons (Fsp3) is 0. The number of anilines is 1. The molecule has 82 valence electrons. The van der Waals surface area contributed by atoms with E-state index in [1.54, 1.807) is 0 Å². The van der Waals surface area contributed by atoms with Crippen LogP contribution in [0.2, 0.25) is 0 Å². The number of aromatic amines is 1. The molecule has 0 spiro atoms. The number of nitro groups is 2. The Morgan fingerprint density at radius 2 is 1.81 bits per heavy atom. The van der Waals surface area contributed by atoms with Crippen LogP contribution >= 0.6 is 0 Å². The lowest BCUT2D eigenvalue weighted by Gasteiger charge is -1.95. The maximum atomic E-state index is 10.7. The second-order valence-electron chi connectivity index (χ2n) is 3.17. The van der Waals surface area contributed by atoms with Gasteiger partial charge in [-0.1, -0.05) is 0 Å². The van der Waals surface area contributed by atoms with Crippen molar-refractivity contribution in [2.24, 2.45) is 0 Å². The van der Waals surface area contributed by atoms with Gasteiger partial charge in [0.05, 0.1) is 15.9 Å². The molecule has 16 heavy (non-hydrogen) atoms. The summed E-state index contributed by atoms with van der Waals surface area (Å²) in [6.45, 7) is 0. The van der Waals surface area contributed by atoms with Gasteiger partial charge in [-0.25, -0.2) is 0 Å². The number of benzene rings is 1. The largest absolute Gasteiger partial charge is 0.385 e. The van der Waals surface area contributed by atoms with Gasteiger partial charge in [0.2, 0.25) is 0 Å². The van der Waals surface area contributed by atoms with Crippen LogP contribution < -0.4 is 5.73 Å². The van der Waals surface area contributed by atoms with Crippen LogP contribution in [0, 0.1) is 20.2 Å². The molecule has 0 amide bonds. The van der Waals surface area contributed by atoms with Crippen LogP contribution in [0.25, 0.3) is 10.9 Å². The number of rotatable bonds is 2. The first-order valence-corrected chi connectivity index (χ1v) is 4.20. The van der Waals surface area contributed by atoms with Crippen LogP contribution in [0.1, 0.15) is 0 Å². The summed E-state index contributed by atoms with van der Waals surface area (Å²) in [4.78, 5) is 22.5. The van der Waals surface area contributed by atoms with E-state index < -0.39 is 9.85 Å². The zero-order chi connectivity index (χ0) is 11.9. The van der Waals surface area contributed by atoms with Crippen LogP contribution in [-0.2, 0) is 0 Å². The quantitative estimate of drug-likeness (QED) is 0.588. The molecule has 0 aliphatic heterocycles. The Hall–Kier alpha value is -2.64. The predicted octanol–water partition coefficient (Wildman–Crippen LogP) is 1.57. The van der Waals surface area contributed by atoms with Crippen LogP contribution in [-0.4, -0.2) is 14.8 Å². The Morgan fingerprint density at radius 3 is 2.38 bits per heavy atom. The summed E-state index contributed by atoms with van der Waals surface area (Å²) in [6, 6.07) is 3.54. The maximum absolute atomic E-state index is 10.7. The van der Waals surface area contributed by atoms with E-state index in [0.717, 1.165) is 6.07 Å². The number of hydrogen-bond donors (Lipinski definition) is 2. The molecule has 0 unspecified atom stereocenters. The summed E-state index contributed by atoms with van der Waals surface area (Å²) >= 11 is 0. The third-order valence-electron chi connectivity index (χ3n) is 2.12. The maximum Gasteiger partial charge on any atom is 0.300 e. The number of H-pyrrole nitrogens is 1. The van der Waals surface area contributed by atoms with Crippen LogP contribution in [0.5, 0.6) is 0 Å². The fourth-order valence-electron chi connectivity index (χ4n) is 1.48. The van der Waals surface area contributed by atoms with Crippen molar-refractivity contribution in [3.63, 3.8) is 0 Å². The summed E-state index contributed by atoms with van der Waals surface area (Å²) in [6.07, 6.45) is 0. The molecule has 0 saturated heterocycles. The molecule has 0 saturated carbocycles. The molecule has 0 bridgehead atoms. The third-order valence-corrected chi connectivity index (χ3v) is 2.12. The second kappa shape index (κ2) is 3.19. The average molecular weight is 222 g/mol. The molecule has 8 heteroatoms. The smallest absolute Gasteiger partial charge is 0.300 e. The standard InChI is InChI=1S/C8H6N4O4/c9-7-2-4-1-5(11(13)14)3-6(12(15)16)8(4)10-7/h1-3,10H,9H2. The molecule has 0 aliphatic rings. The Labute approximate surface area is 88.0 Å². The van der Waals surface area contributed by atoms with Crippen molar-refractivity contribution < 1.29 is 9.85 Å². The number of hydrogen-bond acceptors (Lipinski definition) is 5. The molecule has 1 heterocycles. The zero-order valence-corrected chi connectivity index (χ0v) is 7.84. The Morgan fingerprint density at radius 1 is 1.12 bits per heavy atom. The lowest BCUT2D eigenvalue weighted by Crippen LogP contribution is -1.93. The molecule has 8 nitrogen and oxygen atoms in total. The molecular weight excluding hydrogens is 216 g/mol. The first kappa shape index (κ1) is 9.90. The van der Waals surface area contributed by atoms with Crippen molar-refractivity contribution in [1.29, 1.82) is 0 Å². The van der Waals surface area contributed by atoms with Gasteiger partial charge < -0.3 is 10.7 Å². The predicted molar refractivity (Wildman–Crippen MR) is 56.0 cm³/mol. The molecule has 2 rings (SSSR count).